The second kappa shape index (κ2) is 10.6. The first kappa shape index (κ1) is 25.4. The number of esters is 1. The Morgan fingerprint density at radius 3 is 2.52 bits per heavy atom. The van der Waals surface area contributed by atoms with Gasteiger partial charge in [0, 0.05) is 28.4 Å². The molecular weight excluding hydrogens is 448 g/mol. The van der Waals surface area contributed by atoms with E-state index in [2.05, 4.69) is 9.46 Å². The average Bonchev–Trinajstić information content (AvgIpc) is 2.67. The maximum Gasteiger partial charge on any atom is 0.338 e. The molecule has 1 N–H and O–H groups in total. The van der Waals surface area contributed by atoms with Gasteiger partial charge >= 0.3 is 5.97 Å². The van der Waals surface area contributed by atoms with Gasteiger partial charge in [0.25, 0.3) is 0 Å². The molecule has 1 unspecified atom stereocenters. The van der Waals surface area contributed by atoms with Crippen molar-refractivity contribution in [1.29, 1.82) is 0 Å². The largest absolute Gasteiger partial charge is 0.598 e. The van der Waals surface area contributed by atoms with E-state index >= 15 is 4.39 Å². The van der Waals surface area contributed by atoms with E-state index in [4.69, 9.17) is 16.3 Å². The molecule has 2 aromatic carbocycles. The summed E-state index contributed by atoms with van der Waals surface area (Å²) in [6.45, 7) is 7.72. The van der Waals surface area contributed by atoms with Gasteiger partial charge in [-0.2, -0.15) is 0 Å². The van der Waals surface area contributed by atoms with Gasteiger partial charge in [0.1, 0.15) is 17.3 Å². The van der Waals surface area contributed by atoms with E-state index in [9.17, 15) is 13.7 Å². The highest BCUT2D eigenvalue weighted by Crippen LogP contribution is 2.37. The van der Waals surface area contributed by atoms with Crippen LogP contribution < -0.4 is 9.46 Å². The number of halogens is 3. The van der Waals surface area contributed by atoms with Crippen LogP contribution in [0.1, 0.15) is 56.1 Å². The van der Waals surface area contributed by atoms with Crippen molar-refractivity contribution in [2.45, 2.75) is 40.2 Å². The second-order valence-electron chi connectivity index (χ2n) is 8.18. The fraction of sp³-hybridized carbons (Fsp3) is 0.409. The van der Waals surface area contributed by atoms with Gasteiger partial charge in [0.2, 0.25) is 0 Å². The van der Waals surface area contributed by atoms with Crippen LogP contribution >= 0.6 is 11.6 Å². The van der Waals surface area contributed by atoms with Crippen molar-refractivity contribution in [3.8, 4) is 11.5 Å². The van der Waals surface area contributed by atoms with Crippen molar-refractivity contribution < 1.29 is 27.6 Å². The van der Waals surface area contributed by atoms with Gasteiger partial charge in [-0.1, -0.05) is 45.4 Å². The molecule has 0 saturated carbocycles. The predicted molar refractivity (Wildman–Crippen MR) is 118 cm³/mol. The number of methoxy groups -OCH3 is 1. The number of carbonyl (C=O) groups is 1. The van der Waals surface area contributed by atoms with Crippen molar-refractivity contribution in [2.24, 2.45) is 5.41 Å². The summed E-state index contributed by atoms with van der Waals surface area (Å²) in [6, 6.07) is 5.60. The van der Waals surface area contributed by atoms with Crippen molar-refractivity contribution >= 4 is 28.9 Å². The first-order chi connectivity index (χ1) is 14.4. The fourth-order valence-corrected chi connectivity index (χ4v) is 4.51. The zero-order valence-electron chi connectivity index (χ0n) is 18.1. The van der Waals surface area contributed by atoms with Crippen LogP contribution in [0.15, 0.2) is 30.3 Å². The topological polar surface area (TPSA) is 70.6 Å². The molecule has 9 heteroatoms. The number of carbonyl (C=O) groups excluding carboxylic acids is 1. The predicted octanol–water partition coefficient (Wildman–Crippen LogP) is 5.95. The first-order valence-corrected chi connectivity index (χ1v) is 11.3. The van der Waals surface area contributed by atoms with Crippen molar-refractivity contribution in [1.82, 2.24) is 4.72 Å². The van der Waals surface area contributed by atoms with Gasteiger partial charge in [0.15, 0.2) is 11.6 Å². The zero-order chi connectivity index (χ0) is 23.3. The maximum absolute atomic E-state index is 15.3. The van der Waals surface area contributed by atoms with Crippen LogP contribution in [0.3, 0.4) is 0 Å². The summed E-state index contributed by atoms with van der Waals surface area (Å²) in [5, 5.41) is -0.0317. The molecule has 0 radical (unpaired) electrons. The van der Waals surface area contributed by atoms with E-state index in [1.807, 2.05) is 27.7 Å². The molecule has 0 aliphatic rings. The van der Waals surface area contributed by atoms with E-state index in [0.29, 0.717) is 12.2 Å². The summed E-state index contributed by atoms with van der Waals surface area (Å²) in [4.78, 5) is 11.7. The lowest BCUT2D eigenvalue weighted by Gasteiger charge is -2.25. The van der Waals surface area contributed by atoms with E-state index in [1.54, 1.807) is 0 Å². The normalized spacial score (nSPS) is 13.6. The third-order valence-electron chi connectivity index (χ3n) is 4.21. The number of hydrogen-bond acceptors (Lipinski definition) is 5. The van der Waals surface area contributed by atoms with Gasteiger partial charge in [-0.15, -0.1) is 4.72 Å². The second-order valence-corrected chi connectivity index (χ2v) is 9.80. The molecule has 2 rings (SSSR count). The summed E-state index contributed by atoms with van der Waals surface area (Å²) >= 11 is 4.75. The Hall–Kier alpha value is -1.87. The molecule has 2 atom stereocenters. The lowest BCUT2D eigenvalue weighted by molar-refractivity contribution is 0.0599. The van der Waals surface area contributed by atoms with Crippen LogP contribution in [0.2, 0.25) is 5.02 Å². The number of nitrogens with one attached hydrogen (secondary N) is 1. The summed E-state index contributed by atoms with van der Waals surface area (Å²) in [5.74, 6) is -2.32. The van der Waals surface area contributed by atoms with Crippen LogP contribution in [0.25, 0.3) is 0 Å². The minimum atomic E-state index is -1.38. The molecule has 170 valence electrons. The van der Waals surface area contributed by atoms with Crippen LogP contribution in [0.4, 0.5) is 8.78 Å². The van der Waals surface area contributed by atoms with Gasteiger partial charge in [-0.05, 0) is 24.6 Å². The summed E-state index contributed by atoms with van der Waals surface area (Å²) in [6.07, 6.45) is 0.459. The molecule has 5 nitrogen and oxygen atoms in total. The minimum Gasteiger partial charge on any atom is -0.598 e. The lowest BCUT2D eigenvalue weighted by atomic mass is 10.0. The molecule has 0 saturated heterocycles. The lowest BCUT2D eigenvalue weighted by Crippen LogP contribution is -2.35. The van der Waals surface area contributed by atoms with Crippen LogP contribution in [0, 0.1) is 17.0 Å². The van der Waals surface area contributed by atoms with E-state index in [1.165, 1.54) is 18.2 Å². The molecule has 0 aliphatic heterocycles. The Kier molecular flexibility index (Phi) is 8.71. The Labute approximate surface area is 189 Å². The Bertz CT molecular complexity index is 936. The third-order valence-corrected chi connectivity index (χ3v) is 6.19. The fourth-order valence-electron chi connectivity index (χ4n) is 2.85. The summed E-state index contributed by atoms with van der Waals surface area (Å²) in [7, 11) is 1.16. The molecule has 0 aromatic heterocycles. The van der Waals surface area contributed by atoms with Gasteiger partial charge in [0.05, 0.1) is 23.7 Å². The van der Waals surface area contributed by atoms with Gasteiger partial charge < -0.3 is 14.0 Å². The Morgan fingerprint density at radius 2 is 1.94 bits per heavy atom. The molecular formula is C22H26ClF2NO4S. The van der Waals surface area contributed by atoms with Gasteiger partial charge in [-0.3, -0.25) is 0 Å². The van der Waals surface area contributed by atoms with E-state index < -0.39 is 35.0 Å². The van der Waals surface area contributed by atoms with Crippen molar-refractivity contribution in [2.75, 3.05) is 12.9 Å². The highest BCUT2D eigenvalue weighted by molar-refractivity contribution is 7.89. The molecule has 0 spiro atoms. The molecule has 0 heterocycles. The molecule has 31 heavy (non-hydrogen) atoms. The quantitative estimate of drug-likeness (QED) is 0.379. The van der Waals surface area contributed by atoms with Gasteiger partial charge in [-0.25, -0.2) is 13.6 Å². The molecule has 0 aliphatic carbocycles. The van der Waals surface area contributed by atoms with E-state index in [0.717, 1.165) is 19.2 Å². The molecule has 2 aromatic rings. The third kappa shape index (κ3) is 7.07. The van der Waals surface area contributed by atoms with Crippen molar-refractivity contribution in [3.05, 3.63) is 58.1 Å². The summed E-state index contributed by atoms with van der Waals surface area (Å²) in [5.41, 5.74) is -0.0397. The SMILES string of the molecule is CC[C@H](N[S+]([O-])CC(C)(C)C)c1ccc(Cl)c(Oc2cc(F)cc(C(=O)OC)c2)c1F. The molecule has 0 bridgehead atoms. The standard InChI is InChI=1S/C22H26ClF2NO4S/c1-6-18(26-31(28)12-22(2,3)4)16-7-8-17(23)20(19(16)25)30-15-10-13(21(27)29-5)9-14(24)11-15/h7-11,18,26H,6,12H2,1-5H3/t18-,31?/m0/s1. The first-order valence-electron chi connectivity index (χ1n) is 9.64. The monoisotopic (exact) mass is 473 g/mol. The molecule has 0 amide bonds. The Balaban J connectivity index is 2.36. The number of benzene rings is 2. The zero-order valence-corrected chi connectivity index (χ0v) is 19.6. The smallest absolute Gasteiger partial charge is 0.338 e. The minimum absolute atomic E-state index is 0.0317. The highest BCUT2D eigenvalue weighted by Gasteiger charge is 2.27. The van der Waals surface area contributed by atoms with Crippen LogP contribution in [0.5, 0.6) is 11.5 Å². The number of ether oxygens (including phenoxy) is 2. The van der Waals surface area contributed by atoms with Crippen molar-refractivity contribution in [3.63, 3.8) is 0 Å². The average molecular weight is 474 g/mol. The Morgan fingerprint density at radius 1 is 1.26 bits per heavy atom. The molecule has 0 fully saturated rings. The number of rotatable bonds is 8. The highest BCUT2D eigenvalue weighted by atomic mass is 35.5. The van der Waals surface area contributed by atoms with Crippen LogP contribution in [-0.4, -0.2) is 23.4 Å². The van der Waals surface area contributed by atoms with E-state index in [-0.39, 0.29) is 33.1 Å². The maximum atomic E-state index is 15.3. The number of hydrogen-bond donors (Lipinski definition) is 1. The van der Waals surface area contributed by atoms with Crippen LogP contribution in [-0.2, 0) is 16.1 Å². The summed E-state index contributed by atoms with van der Waals surface area (Å²) < 4.78 is 54.7.